The highest BCUT2D eigenvalue weighted by atomic mass is 28.3. The standard InChI is InChI=1S/C5H8O6Si/c1-2-12(3(6)7,4(8)9)5(10)11/h2H2,1H3,(H,6,7)(H,8,9)(H,10,11). The molecule has 0 heterocycles. The molecule has 0 atom stereocenters. The minimum Gasteiger partial charge on any atom is -0.485 e. The van der Waals surface area contributed by atoms with Crippen LogP contribution in [0.1, 0.15) is 6.92 Å². The molecule has 0 saturated heterocycles. The van der Waals surface area contributed by atoms with Gasteiger partial charge in [0.1, 0.15) is 0 Å². The van der Waals surface area contributed by atoms with Gasteiger partial charge in [-0.2, -0.15) is 0 Å². The molecule has 0 radical (unpaired) electrons. The highest BCUT2D eigenvalue weighted by Crippen LogP contribution is 2.13. The molecule has 0 unspecified atom stereocenters. The maximum absolute atomic E-state index is 10.4. The molecule has 0 aliphatic rings. The molecule has 0 aliphatic heterocycles. The zero-order chi connectivity index (χ0) is 9.94. The van der Waals surface area contributed by atoms with Crippen molar-refractivity contribution in [1.82, 2.24) is 0 Å². The first-order valence-corrected chi connectivity index (χ1v) is 5.30. The minimum absolute atomic E-state index is 0.354. The first kappa shape index (κ1) is 10.6. The Morgan fingerprint density at radius 1 is 1.00 bits per heavy atom. The van der Waals surface area contributed by atoms with E-state index in [4.69, 9.17) is 15.3 Å². The second kappa shape index (κ2) is 3.35. The highest BCUT2D eigenvalue weighted by molar-refractivity contribution is 7.38. The molecule has 0 aromatic rings. The predicted octanol–water partition coefficient (Wildman–Crippen LogP) is 1.23. The summed E-state index contributed by atoms with van der Waals surface area (Å²) in [6.07, 6.45) is 0. The Morgan fingerprint density at radius 2 is 1.25 bits per heavy atom. The summed E-state index contributed by atoms with van der Waals surface area (Å²) < 4.78 is 0. The van der Waals surface area contributed by atoms with E-state index in [-0.39, 0.29) is 6.04 Å². The molecule has 0 spiro atoms. The van der Waals surface area contributed by atoms with Crippen LogP contribution in [0.25, 0.3) is 0 Å². The van der Waals surface area contributed by atoms with Crippen LogP contribution in [-0.2, 0) is 0 Å². The van der Waals surface area contributed by atoms with Crippen molar-refractivity contribution < 1.29 is 29.7 Å². The lowest BCUT2D eigenvalue weighted by Crippen LogP contribution is -2.57. The summed E-state index contributed by atoms with van der Waals surface area (Å²) in [5.74, 6) is 0. The summed E-state index contributed by atoms with van der Waals surface area (Å²) in [5.41, 5.74) is -5.15. The molecule has 12 heavy (non-hydrogen) atoms. The first-order valence-electron chi connectivity index (χ1n) is 3.09. The van der Waals surface area contributed by atoms with Gasteiger partial charge < -0.3 is 15.3 Å². The number of hydrogen-bond acceptors (Lipinski definition) is 3. The third kappa shape index (κ3) is 1.30. The van der Waals surface area contributed by atoms with Gasteiger partial charge >= 0.3 is 8.07 Å². The Hall–Kier alpha value is -1.37. The van der Waals surface area contributed by atoms with E-state index in [1.165, 1.54) is 6.92 Å². The van der Waals surface area contributed by atoms with E-state index in [1.54, 1.807) is 0 Å². The average molecular weight is 192 g/mol. The van der Waals surface area contributed by atoms with E-state index in [0.29, 0.717) is 0 Å². The average Bonchev–Trinajstić information content (AvgIpc) is 1.86. The summed E-state index contributed by atoms with van der Waals surface area (Å²) in [4.78, 5) is 31.3. The fourth-order valence-corrected chi connectivity index (χ4v) is 2.18. The number of carboxylic acid groups (broad SMARTS) is 3. The van der Waals surface area contributed by atoms with Crippen LogP contribution in [0.4, 0.5) is 14.4 Å². The normalized spacial score (nSPS) is 10.8. The van der Waals surface area contributed by atoms with E-state index < -0.39 is 24.9 Å². The molecule has 68 valence electrons. The lowest BCUT2D eigenvalue weighted by atomic mass is 11.0. The van der Waals surface area contributed by atoms with E-state index in [1.807, 2.05) is 0 Å². The van der Waals surface area contributed by atoms with Gasteiger partial charge in [0.15, 0.2) is 0 Å². The van der Waals surface area contributed by atoms with Gasteiger partial charge in [0.25, 0.3) is 16.8 Å². The maximum Gasteiger partial charge on any atom is 0.430 e. The molecule has 0 bridgehead atoms. The van der Waals surface area contributed by atoms with Gasteiger partial charge in [0, 0.05) is 0 Å². The Balaban J connectivity index is 5.19. The molecule has 0 aromatic carbocycles. The molecular formula is C5H8O6Si. The van der Waals surface area contributed by atoms with Crippen molar-refractivity contribution in [3.05, 3.63) is 0 Å². The van der Waals surface area contributed by atoms with Crippen LogP contribution in [0.3, 0.4) is 0 Å². The van der Waals surface area contributed by atoms with Gasteiger partial charge in [0.05, 0.1) is 0 Å². The smallest absolute Gasteiger partial charge is 0.430 e. The Labute approximate surface area is 68.4 Å². The van der Waals surface area contributed by atoms with Crippen molar-refractivity contribution in [2.75, 3.05) is 0 Å². The Morgan fingerprint density at radius 3 is 1.25 bits per heavy atom. The molecule has 6 nitrogen and oxygen atoms in total. The van der Waals surface area contributed by atoms with Crippen molar-refractivity contribution in [3.63, 3.8) is 0 Å². The van der Waals surface area contributed by atoms with Crippen molar-refractivity contribution in [1.29, 1.82) is 0 Å². The molecule has 3 N–H and O–H groups in total. The number of carbonyl (C=O) groups is 3. The second-order valence-corrected chi connectivity index (χ2v) is 5.98. The van der Waals surface area contributed by atoms with E-state index in [9.17, 15) is 14.4 Å². The topological polar surface area (TPSA) is 112 Å². The molecule has 0 amide bonds. The minimum atomic E-state index is -4.25. The van der Waals surface area contributed by atoms with Crippen LogP contribution < -0.4 is 0 Å². The van der Waals surface area contributed by atoms with Crippen molar-refractivity contribution >= 4 is 24.9 Å². The Kier molecular flexibility index (Phi) is 2.97. The molecule has 0 rings (SSSR count). The van der Waals surface area contributed by atoms with Crippen LogP contribution in [0.5, 0.6) is 0 Å². The largest absolute Gasteiger partial charge is 0.485 e. The first-order chi connectivity index (χ1) is 5.39. The molecule has 7 heteroatoms. The zero-order valence-electron chi connectivity index (χ0n) is 6.27. The number of rotatable bonds is 4. The van der Waals surface area contributed by atoms with Crippen molar-refractivity contribution in [3.8, 4) is 0 Å². The van der Waals surface area contributed by atoms with Crippen molar-refractivity contribution in [2.45, 2.75) is 13.0 Å². The van der Waals surface area contributed by atoms with Gasteiger partial charge in [-0.1, -0.05) is 6.92 Å². The highest BCUT2D eigenvalue weighted by Gasteiger charge is 2.58. The van der Waals surface area contributed by atoms with Crippen LogP contribution in [-0.4, -0.2) is 40.2 Å². The summed E-state index contributed by atoms with van der Waals surface area (Å²) >= 11 is 0. The lowest BCUT2D eigenvalue weighted by molar-refractivity contribution is 0.201. The van der Waals surface area contributed by atoms with E-state index in [0.717, 1.165) is 0 Å². The second-order valence-electron chi connectivity index (χ2n) is 2.17. The van der Waals surface area contributed by atoms with Crippen LogP contribution in [0, 0.1) is 0 Å². The summed E-state index contributed by atoms with van der Waals surface area (Å²) in [7, 11) is -4.25. The predicted molar refractivity (Wildman–Crippen MR) is 40.3 cm³/mol. The van der Waals surface area contributed by atoms with Gasteiger partial charge in [-0.3, -0.25) is 14.4 Å². The zero-order valence-corrected chi connectivity index (χ0v) is 7.27. The summed E-state index contributed by atoms with van der Waals surface area (Å²) in [6, 6.07) is -0.354. The van der Waals surface area contributed by atoms with Gasteiger partial charge in [-0.15, -0.1) is 0 Å². The summed E-state index contributed by atoms with van der Waals surface area (Å²) in [5, 5.41) is 25.4. The quantitative estimate of drug-likeness (QED) is 0.577. The maximum atomic E-state index is 10.4. The van der Waals surface area contributed by atoms with Gasteiger partial charge in [-0.05, 0) is 6.04 Å². The van der Waals surface area contributed by atoms with E-state index >= 15 is 0 Å². The lowest BCUT2D eigenvalue weighted by Gasteiger charge is -2.13. The van der Waals surface area contributed by atoms with Gasteiger partial charge in [-0.25, -0.2) is 0 Å². The van der Waals surface area contributed by atoms with Gasteiger partial charge in [0.2, 0.25) is 0 Å². The fourth-order valence-electron chi connectivity index (χ4n) is 0.728. The molecule has 0 fully saturated rings. The van der Waals surface area contributed by atoms with E-state index in [2.05, 4.69) is 0 Å². The SMILES string of the molecule is CC[Si](C(=O)O)(C(=O)O)C(=O)O. The summed E-state index contributed by atoms with van der Waals surface area (Å²) in [6.45, 7) is 1.25. The van der Waals surface area contributed by atoms with Crippen LogP contribution >= 0.6 is 0 Å². The monoisotopic (exact) mass is 192 g/mol. The molecule has 0 aromatic heterocycles. The molecular weight excluding hydrogens is 184 g/mol. The third-order valence-corrected chi connectivity index (χ3v) is 4.88. The Bertz CT molecular complexity index is 198. The fraction of sp³-hybridized carbons (Fsp3) is 0.400. The third-order valence-electron chi connectivity index (χ3n) is 1.63. The van der Waals surface area contributed by atoms with Crippen molar-refractivity contribution in [2.24, 2.45) is 0 Å². The van der Waals surface area contributed by atoms with Crippen LogP contribution in [0.15, 0.2) is 0 Å². The molecule has 0 aliphatic carbocycles. The number of hydrogen-bond donors (Lipinski definition) is 3. The molecule has 0 saturated carbocycles. The van der Waals surface area contributed by atoms with Crippen LogP contribution in [0.2, 0.25) is 6.04 Å².